The van der Waals surface area contributed by atoms with Gasteiger partial charge in [0.25, 0.3) is 0 Å². The van der Waals surface area contributed by atoms with Crippen molar-refractivity contribution >= 4 is 26.0 Å². The van der Waals surface area contributed by atoms with Gasteiger partial charge in [0.05, 0.1) is 21.0 Å². The first kappa shape index (κ1) is 15.6. The SMILES string of the molecule is N#Cc1ccc(CNS(=O)(=O)c2ccc(Br)c(F)c2)cc1. The van der Waals surface area contributed by atoms with Gasteiger partial charge < -0.3 is 0 Å². The van der Waals surface area contributed by atoms with Gasteiger partial charge in [0, 0.05) is 6.54 Å². The van der Waals surface area contributed by atoms with Crippen LogP contribution in [0.2, 0.25) is 0 Å². The van der Waals surface area contributed by atoms with Crippen LogP contribution in [0.15, 0.2) is 51.8 Å². The third-order valence-electron chi connectivity index (χ3n) is 2.75. The molecule has 0 fully saturated rings. The lowest BCUT2D eigenvalue weighted by Gasteiger charge is -2.07. The van der Waals surface area contributed by atoms with Gasteiger partial charge in [0.1, 0.15) is 5.82 Å². The number of rotatable bonds is 4. The van der Waals surface area contributed by atoms with Gasteiger partial charge in [-0.2, -0.15) is 5.26 Å². The van der Waals surface area contributed by atoms with Crippen molar-refractivity contribution in [1.29, 1.82) is 5.26 Å². The molecule has 0 unspecified atom stereocenters. The average Bonchev–Trinajstić information content (AvgIpc) is 2.48. The van der Waals surface area contributed by atoms with E-state index < -0.39 is 15.8 Å². The van der Waals surface area contributed by atoms with E-state index in [-0.39, 0.29) is 15.9 Å². The molecule has 0 aliphatic heterocycles. The molecule has 0 bridgehead atoms. The maximum Gasteiger partial charge on any atom is 0.240 e. The van der Waals surface area contributed by atoms with Gasteiger partial charge in [0.15, 0.2) is 0 Å². The second-order valence-electron chi connectivity index (χ2n) is 4.21. The minimum absolute atomic E-state index is 0.0612. The van der Waals surface area contributed by atoms with Crippen LogP contribution >= 0.6 is 15.9 Å². The number of hydrogen-bond donors (Lipinski definition) is 1. The summed E-state index contributed by atoms with van der Waals surface area (Å²) < 4.78 is 40.1. The molecule has 0 saturated carbocycles. The summed E-state index contributed by atoms with van der Waals surface area (Å²) >= 11 is 2.97. The van der Waals surface area contributed by atoms with Crippen LogP contribution in [0.4, 0.5) is 4.39 Å². The summed E-state index contributed by atoms with van der Waals surface area (Å²) in [5.74, 6) is -0.642. The highest BCUT2D eigenvalue weighted by molar-refractivity contribution is 9.10. The summed E-state index contributed by atoms with van der Waals surface area (Å²) in [6.45, 7) is 0.0612. The molecule has 0 heterocycles. The second kappa shape index (κ2) is 6.35. The van der Waals surface area contributed by atoms with Crippen molar-refractivity contribution < 1.29 is 12.8 Å². The van der Waals surface area contributed by atoms with Gasteiger partial charge in [-0.1, -0.05) is 12.1 Å². The molecule has 7 heteroatoms. The number of sulfonamides is 1. The maximum absolute atomic E-state index is 13.4. The summed E-state index contributed by atoms with van der Waals surface area (Å²) in [6.07, 6.45) is 0. The molecule has 2 aromatic carbocycles. The molecule has 108 valence electrons. The van der Waals surface area contributed by atoms with Crippen molar-refractivity contribution in [1.82, 2.24) is 4.72 Å². The highest BCUT2D eigenvalue weighted by Crippen LogP contribution is 2.19. The third-order valence-corrected chi connectivity index (χ3v) is 4.79. The van der Waals surface area contributed by atoms with Gasteiger partial charge >= 0.3 is 0 Å². The van der Waals surface area contributed by atoms with Crippen molar-refractivity contribution in [2.75, 3.05) is 0 Å². The van der Waals surface area contributed by atoms with Gasteiger partial charge in [-0.15, -0.1) is 0 Å². The van der Waals surface area contributed by atoms with E-state index in [4.69, 9.17) is 5.26 Å². The van der Waals surface area contributed by atoms with Crippen molar-refractivity contribution in [3.05, 3.63) is 63.9 Å². The fourth-order valence-electron chi connectivity index (χ4n) is 1.60. The molecule has 0 atom stereocenters. The molecule has 4 nitrogen and oxygen atoms in total. The zero-order chi connectivity index (χ0) is 15.5. The van der Waals surface area contributed by atoms with E-state index in [1.165, 1.54) is 12.1 Å². The summed E-state index contributed by atoms with van der Waals surface area (Å²) in [5.41, 5.74) is 1.20. The molecule has 0 radical (unpaired) electrons. The Morgan fingerprint density at radius 1 is 1.19 bits per heavy atom. The van der Waals surface area contributed by atoms with Crippen molar-refractivity contribution in [2.45, 2.75) is 11.4 Å². The molecule has 0 spiro atoms. The Morgan fingerprint density at radius 3 is 2.43 bits per heavy atom. The van der Waals surface area contributed by atoms with E-state index in [9.17, 15) is 12.8 Å². The monoisotopic (exact) mass is 368 g/mol. The predicted molar refractivity (Wildman–Crippen MR) is 79.3 cm³/mol. The molecule has 2 rings (SSSR count). The Morgan fingerprint density at radius 2 is 1.86 bits per heavy atom. The average molecular weight is 369 g/mol. The molecule has 21 heavy (non-hydrogen) atoms. The Hall–Kier alpha value is -1.75. The summed E-state index contributed by atoms with van der Waals surface area (Å²) in [7, 11) is -3.79. The van der Waals surface area contributed by atoms with E-state index in [1.807, 2.05) is 6.07 Å². The highest BCUT2D eigenvalue weighted by Gasteiger charge is 2.15. The standard InChI is InChI=1S/C14H10BrFN2O2S/c15-13-6-5-12(7-14(13)16)21(19,20)18-9-11-3-1-10(8-17)2-4-11/h1-7,18H,9H2. The maximum atomic E-state index is 13.4. The molecular formula is C14H10BrFN2O2S. The minimum Gasteiger partial charge on any atom is -0.207 e. The molecule has 0 aliphatic rings. The van der Waals surface area contributed by atoms with Gasteiger partial charge in [-0.3, -0.25) is 0 Å². The second-order valence-corrected chi connectivity index (χ2v) is 6.83. The molecule has 0 aliphatic carbocycles. The topological polar surface area (TPSA) is 70.0 Å². The zero-order valence-electron chi connectivity index (χ0n) is 10.7. The lowest BCUT2D eigenvalue weighted by molar-refractivity contribution is 0.576. The molecule has 2 aromatic rings. The zero-order valence-corrected chi connectivity index (χ0v) is 13.1. The van der Waals surface area contributed by atoms with Crippen LogP contribution in [0, 0.1) is 17.1 Å². The van der Waals surface area contributed by atoms with Gasteiger partial charge in [-0.05, 0) is 51.8 Å². The van der Waals surface area contributed by atoms with Crippen LogP contribution in [-0.4, -0.2) is 8.42 Å². The number of hydrogen-bond acceptors (Lipinski definition) is 3. The van der Waals surface area contributed by atoms with Gasteiger partial charge in [-0.25, -0.2) is 17.5 Å². The Balaban J connectivity index is 2.13. The van der Waals surface area contributed by atoms with E-state index in [0.717, 1.165) is 6.07 Å². The third kappa shape index (κ3) is 3.88. The fraction of sp³-hybridized carbons (Fsp3) is 0.0714. The minimum atomic E-state index is -3.79. The van der Waals surface area contributed by atoms with E-state index in [2.05, 4.69) is 20.7 Å². The number of benzene rings is 2. The molecule has 1 N–H and O–H groups in total. The molecule has 0 saturated heterocycles. The Bertz CT molecular complexity index is 799. The molecule has 0 aromatic heterocycles. The number of halogens is 2. The van der Waals surface area contributed by atoms with E-state index in [1.54, 1.807) is 24.3 Å². The highest BCUT2D eigenvalue weighted by atomic mass is 79.9. The molecular weight excluding hydrogens is 359 g/mol. The van der Waals surface area contributed by atoms with Crippen LogP contribution in [0.1, 0.15) is 11.1 Å². The summed E-state index contributed by atoms with van der Waals surface area (Å²) in [5, 5.41) is 8.68. The first-order valence-electron chi connectivity index (χ1n) is 5.86. The largest absolute Gasteiger partial charge is 0.240 e. The summed E-state index contributed by atoms with van der Waals surface area (Å²) in [4.78, 5) is -0.142. The van der Waals surface area contributed by atoms with E-state index in [0.29, 0.717) is 11.1 Å². The smallest absolute Gasteiger partial charge is 0.207 e. The normalized spacial score (nSPS) is 11.1. The van der Waals surface area contributed by atoms with Crippen LogP contribution in [-0.2, 0) is 16.6 Å². The first-order chi connectivity index (χ1) is 9.92. The molecule has 0 amide bonds. The quantitative estimate of drug-likeness (QED) is 0.901. The van der Waals surface area contributed by atoms with Crippen LogP contribution in [0.5, 0.6) is 0 Å². The van der Waals surface area contributed by atoms with Gasteiger partial charge in [0.2, 0.25) is 10.0 Å². The number of nitrogens with zero attached hydrogens (tertiary/aromatic N) is 1. The summed E-state index contributed by atoms with van der Waals surface area (Å²) in [6, 6.07) is 12.1. The van der Waals surface area contributed by atoms with Crippen molar-refractivity contribution in [2.24, 2.45) is 0 Å². The van der Waals surface area contributed by atoms with Crippen LogP contribution < -0.4 is 4.72 Å². The Kier molecular flexibility index (Phi) is 4.73. The van der Waals surface area contributed by atoms with Crippen molar-refractivity contribution in [3.63, 3.8) is 0 Å². The lowest BCUT2D eigenvalue weighted by atomic mass is 10.1. The lowest BCUT2D eigenvalue weighted by Crippen LogP contribution is -2.23. The number of nitriles is 1. The number of nitrogens with one attached hydrogen (secondary N) is 1. The van der Waals surface area contributed by atoms with Crippen molar-refractivity contribution in [3.8, 4) is 6.07 Å². The van der Waals surface area contributed by atoms with Crippen LogP contribution in [0.25, 0.3) is 0 Å². The van der Waals surface area contributed by atoms with E-state index >= 15 is 0 Å². The van der Waals surface area contributed by atoms with Crippen LogP contribution in [0.3, 0.4) is 0 Å². The first-order valence-corrected chi connectivity index (χ1v) is 8.14. The Labute approximate surface area is 130 Å². The predicted octanol–water partition coefficient (Wildman–Crippen LogP) is 2.94. The fourth-order valence-corrected chi connectivity index (χ4v) is 2.88.